The van der Waals surface area contributed by atoms with Crippen molar-refractivity contribution in [2.24, 2.45) is 11.8 Å². The monoisotopic (exact) mass is 210 g/mol. The van der Waals surface area contributed by atoms with Gasteiger partial charge in [0.2, 0.25) is 0 Å². The smallest absolute Gasteiger partial charge is 0.0218 e. The average molecular weight is 210 g/mol. The van der Waals surface area contributed by atoms with Gasteiger partial charge in [-0.15, -0.1) is 0 Å². The Morgan fingerprint density at radius 3 is 2.67 bits per heavy atom. The van der Waals surface area contributed by atoms with Crippen LogP contribution in [0.3, 0.4) is 0 Å². The van der Waals surface area contributed by atoms with E-state index in [9.17, 15) is 0 Å². The molecule has 15 heavy (non-hydrogen) atoms. The Kier molecular flexibility index (Phi) is 3.68. The number of nitrogens with zero attached hydrogens (tertiary/aromatic N) is 1. The molecule has 0 aromatic carbocycles. The largest absolute Gasteiger partial charge is 0.311 e. The fourth-order valence-corrected chi connectivity index (χ4v) is 2.46. The normalized spacial score (nSPS) is 33.6. The van der Waals surface area contributed by atoms with E-state index in [2.05, 4.69) is 31.0 Å². The number of rotatable bonds is 4. The van der Waals surface area contributed by atoms with Gasteiger partial charge in [-0.05, 0) is 31.7 Å². The fraction of sp³-hybridized carbons (Fsp3) is 1.00. The van der Waals surface area contributed by atoms with Crippen LogP contribution in [0, 0.1) is 11.8 Å². The first kappa shape index (κ1) is 11.4. The van der Waals surface area contributed by atoms with E-state index in [1.54, 1.807) is 0 Å². The Bertz CT molecular complexity index is 199. The molecular formula is C13H26N2. The topological polar surface area (TPSA) is 15.3 Å². The lowest BCUT2D eigenvalue weighted by molar-refractivity contribution is 0.120. The zero-order chi connectivity index (χ0) is 10.8. The Balaban J connectivity index is 1.78. The molecule has 1 saturated heterocycles. The Hall–Kier alpha value is -0.0800. The third kappa shape index (κ3) is 3.18. The van der Waals surface area contributed by atoms with E-state index in [0.717, 1.165) is 17.9 Å². The molecule has 0 aromatic rings. The Labute approximate surface area is 94.4 Å². The van der Waals surface area contributed by atoms with Crippen LogP contribution in [0.15, 0.2) is 0 Å². The van der Waals surface area contributed by atoms with E-state index < -0.39 is 0 Å². The molecule has 1 N–H and O–H groups in total. The fourth-order valence-electron chi connectivity index (χ4n) is 2.46. The van der Waals surface area contributed by atoms with Gasteiger partial charge < -0.3 is 5.32 Å². The SMILES string of the molecule is CC(C)C1CN(CCC2CC2)C(C)CN1. The summed E-state index contributed by atoms with van der Waals surface area (Å²) in [5.74, 6) is 1.84. The molecule has 0 spiro atoms. The van der Waals surface area contributed by atoms with Gasteiger partial charge in [0.1, 0.15) is 0 Å². The van der Waals surface area contributed by atoms with Crippen molar-refractivity contribution in [3.05, 3.63) is 0 Å². The lowest BCUT2D eigenvalue weighted by atomic mass is 9.99. The van der Waals surface area contributed by atoms with Crippen molar-refractivity contribution < 1.29 is 0 Å². The molecule has 1 heterocycles. The van der Waals surface area contributed by atoms with Crippen LogP contribution in [0.2, 0.25) is 0 Å². The number of nitrogens with one attached hydrogen (secondary N) is 1. The van der Waals surface area contributed by atoms with Gasteiger partial charge in [-0.1, -0.05) is 26.7 Å². The van der Waals surface area contributed by atoms with Crippen LogP contribution >= 0.6 is 0 Å². The van der Waals surface area contributed by atoms with Gasteiger partial charge >= 0.3 is 0 Å². The molecule has 2 unspecified atom stereocenters. The van der Waals surface area contributed by atoms with Crippen molar-refractivity contribution in [1.82, 2.24) is 10.2 Å². The van der Waals surface area contributed by atoms with Crippen molar-refractivity contribution in [3.63, 3.8) is 0 Å². The van der Waals surface area contributed by atoms with Crippen molar-refractivity contribution in [2.75, 3.05) is 19.6 Å². The molecule has 1 aliphatic heterocycles. The van der Waals surface area contributed by atoms with Crippen molar-refractivity contribution in [1.29, 1.82) is 0 Å². The second-order valence-electron chi connectivity index (χ2n) is 5.83. The molecule has 0 aromatic heterocycles. The Morgan fingerprint density at radius 1 is 1.33 bits per heavy atom. The van der Waals surface area contributed by atoms with E-state index in [1.165, 1.54) is 38.9 Å². The summed E-state index contributed by atoms with van der Waals surface area (Å²) in [6, 6.07) is 1.44. The van der Waals surface area contributed by atoms with Gasteiger partial charge in [-0.25, -0.2) is 0 Å². The van der Waals surface area contributed by atoms with Gasteiger partial charge in [0, 0.05) is 25.2 Å². The molecule has 0 radical (unpaired) electrons. The number of piperazine rings is 1. The van der Waals surface area contributed by atoms with E-state index in [0.29, 0.717) is 6.04 Å². The standard InChI is InChI=1S/C13H26N2/c1-10(2)13-9-15(11(3)8-14-13)7-6-12-4-5-12/h10-14H,4-9H2,1-3H3. The molecule has 2 fully saturated rings. The minimum Gasteiger partial charge on any atom is -0.311 e. The summed E-state index contributed by atoms with van der Waals surface area (Å²) in [5.41, 5.74) is 0. The maximum Gasteiger partial charge on any atom is 0.0218 e. The molecule has 0 amide bonds. The highest BCUT2D eigenvalue weighted by molar-refractivity contribution is 4.86. The molecule has 2 heteroatoms. The van der Waals surface area contributed by atoms with Crippen LogP contribution in [0.5, 0.6) is 0 Å². The maximum absolute atomic E-state index is 3.66. The Morgan fingerprint density at radius 2 is 2.07 bits per heavy atom. The van der Waals surface area contributed by atoms with Crippen molar-refractivity contribution >= 4 is 0 Å². The zero-order valence-electron chi connectivity index (χ0n) is 10.5. The zero-order valence-corrected chi connectivity index (χ0v) is 10.5. The van der Waals surface area contributed by atoms with Crippen LogP contribution in [-0.4, -0.2) is 36.6 Å². The molecule has 2 atom stereocenters. The summed E-state index contributed by atoms with van der Waals surface area (Å²) >= 11 is 0. The lowest BCUT2D eigenvalue weighted by Crippen LogP contribution is -2.57. The predicted molar refractivity (Wildman–Crippen MR) is 65.0 cm³/mol. The van der Waals surface area contributed by atoms with Gasteiger partial charge in [-0.2, -0.15) is 0 Å². The van der Waals surface area contributed by atoms with E-state index >= 15 is 0 Å². The summed E-state index contributed by atoms with van der Waals surface area (Å²) < 4.78 is 0. The predicted octanol–water partition coefficient (Wildman–Crippen LogP) is 2.10. The summed E-state index contributed by atoms with van der Waals surface area (Å²) in [4.78, 5) is 2.69. The number of hydrogen-bond donors (Lipinski definition) is 1. The molecule has 2 aliphatic rings. The van der Waals surface area contributed by atoms with Gasteiger partial charge in [0.05, 0.1) is 0 Å². The van der Waals surface area contributed by atoms with Crippen LogP contribution in [0.25, 0.3) is 0 Å². The summed E-state index contributed by atoms with van der Waals surface area (Å²) in [6.45, 7) is 10.8. The van der Waals surface area contributed by atoms with Crippen molar-refractivity contribution in [2.45, 2.75) is 52.1 Å². The van der Waals surface area contributed by atoms with E-state index in [1.807, 2.05) is 0 Å². The van der Waals surface area contributed by atoms with Crippen LogP contribution < -0.4 is 5.32 Å². The first-order valence-electron chi connectivity index (χ1n) is 6.64. The van der Waals surface area contributed by atoms with E-state index in [4.69, 9.17) is 0 Å². The minimum atomic E-state index is 0.709. The average Bonchev–Trinajstić information content (AvgIpc) is 3.00. The highest BCUT2D eigenvalue weighted by Crippen LogP contribution is 2.32. The lowest BCUT2D eigenvalue weighted by Gasteiger charge is -2.40. The van der Waals surface area contributed by atoms with Crippen LogP contribution in [-0.2, 0) is 0 Å². The van der Waals surface area contributed by atoms with Gasteiger partial charge in [0.25, 0.3) is 0 Å². The van der Waals surface area contributed by atoms with Crippen molar-refractivity contribution in [3.8, 4) is 0 Å². The number of hydrogen-bond acceptors (Lipinski definition) is 2. The quantitative estimate of drug-likeness (QED) is 0.764. The molecule has 0 bridgehead atoms. The summed E-state index contributed by atoms with van der Waals surface area (Å²) in [6.07, 6.45) is 4.43. The third-order valence-corrected chi connectivity index (χ3v) is 4.06. The first-order chi connectivity index (χ1) is 7.16. The highest BCUT2D eigenvalue weighted by Gasteiger charge is 2.28. The summed E-state index contributed by atoms with van der Waals surface area (Å²) in [7, 11) is 0. The van der Waals surface area contributed by atoms with Gasteiger partial charge in [0.15, 0.2) is 0 Å². The van der Waals surface area contributed by atoms with Gasteiger partial charge in [-0.3, -0.25) is 4.90 Å². The molecule has 2 nitrogen and oxygen atoms in total. The van der Waals surface area contributed by atoms with Crippen LogP contribution in [0.1, 0.15) is 40.0 Å². The highest BCUT2D eigenvalue weighted by atomic mass is 15.2. The molecule has 1 aliphatic carbocycles. The maximum atomic E-state index is 3.66. The summed E-state index contributed by atoms with van der Waals surface area (Å²) in [5, 5.41) is 3.66. The van der Waals surface area contributed by atoms with E-state index in [-0.39, 0.29) is 0 Å². The third-order valence-electron chi connectivity index (χ3n) is 4.06. The second-order valence-corrected chi connectivity index (χ2v) is 5.83. The first-order valence-corrected chi connectivity index (χ1v) is 6.64. The second kappa shape index (κ2) is 4.84. The molecule has 1 saturated carbocycles. The minimum absolute atomic E-state index is 0.709. The molecule has 2 rings (SSSR count). The molecule has 88 valence electrons. The van der Waals surface area contributed by atoms with Crippen LogP contribution in [0.4, 0.5) is 0 Å². The molecular weight excluding hydrogens is 184 g/mol.